The average Bonchev–Trinajstić information content (AvgIpc) is 2.36. The molecule has 1 aliphatic rings. The highest BCUT2D eigenvalue weighted by atomic mass is 19.4. The Bertz CT molecular complexity index is 549. The number of halogens is 3. The number of amides is 2. The van der Waals surface area contributed by atoms with Crippen LogP contribution in [0.2, 0.25) is 0 Å². The summed E-state index contributed by atoms with van der Waals surface area (Å²) < 4.78 is 37.7. The third-order valence-electron chi connectivity index (χ3n) is 3.79. The quantitative estimate of drug-likeness (QED) is 0.853. The molecule has 0 bridgehead atoms. The summed E-state index contributed by atoms with van der Waals surface area (Å²) in [6.45, 7) is 3.72. The molecule has 0 spiro atoms. The summed E-state index contributed by atoms with van der Waals surface area (Å²) in [5.74, 6) is -1.55. The predicted molar refractivity (Wildman–Crippen MR) is 70.3 cm³/mol. The summed E-state index contributed by atoms with van der Waals surface area (Å²) in [6, 6.07) is 4.69. The van der Waals surface area contributed by atoms with Crippen molar-refractivity contribution >= 4 is 11.8 Å². The molecule has 2 rings (SSSR count). The van der Waals surface area contributed by atoms with Crippen LogP contribution in [0, 0.1) is 11.8 Å². The monoisotopic (exact) mass is 299 g/mol. The van der Waals surface area contributed by atoms with Gasteiger partial charge in [-0.1, -0.05) is 26.0 Å². The highest BCUT2D eigenvalue weighted by Gasteiger charge is 2.39. The van der Waals surface area contributed by atoms with Crippen molar-refractivity contribution in [2.24, 2.45) is 11.8 Å². The number of hydrogen-bond donors (Lipinski definition) is 1. The van der Waals surface area contributed by atoms with Crippen molar-refractivity contribution in [3.05, 3.63) is 35.4 Å². The van der Waals surface area contributed by atoms with Crippen LogP contribution < -0.4 is 5.32 Å². The summed E-state index contributed by atoms with van der Waals surface area (Å²) in [4.78, 5) is 23.5. The zero-order valence-electron chi connectivity index (χ0n) is 11.7. The normalized spacial score (nSPS) is 23.3. The van der Waals surface area contributed by atoms with Crippen LogP contribution >= 0.6 is 0 Å². The second kappa shape index (κ2) is 5.50. The van der Waals surface area contributed by atoms with Crippen molar-refractivity contribution in [3.8, 4) is 0 Å². The zero-order valence-corrected chi connectivity index (χ0v) is 11.7. The number of nitrogens with one attached hydrogen (secondary N) is 1. The maximum atomic E-state index is 12.6. The Morgan fingerprint density at radius 2 is 1.71 bits per heavy atom. The van der Waals surface area contributed by atoms with Crippen LogP contribution in [-0.4, -0.2) is 11.8 Å². The number of imide groups is 1. The molecule has 1 N–H and O–H groups in total. The van der Waals surface area contributed by atoms with E-state index in [9.17, 15) is 22.8 Å². The largest absolute Gasteiger partial charge is 0.416 e. The van der Waals surface area contributed by atoms with Gasteiger partial charge in [-0.15, -0.1) is 0 Å². The molecular formula is C15H16F3NO2. The predicted octanol–water partition coefficient (Wildman–Crippen LogP) is 3.11. The molecule has 0 aliphatic carbocycles. The second-order valence-corrected chi connectivity index (χ2v) is 5.61. The van der Waals surface area contributed by atoms with Crippen LogP contribution in [0.1, 0.15) is 37.3 Å². The van der Waals surface area contributed by atoms with Gasteiger partial charge in [0.05, 0.1) is 5.56 Å². The molecule has 2 amide bonds. The van der Waals surface area contributed by atoms with E-state index in [0.29, 0.717) is 5.56 Å². The van der Waals surface area contributed by atoms with Gasteiger partial charge in [-0.05, 0) is 23.6 Å². The molecule has 1 aromatic rings. The van der Waals surface area contributed by atoms with Gasteiger partial charge in [-0.3, -0.25) is 14.9 Å². The van der Waals surface area contributed by atoms with Crippen molar-refractivity contribution < 1.29 is 22.8 Å². The van der Waals surface area contributed by atoms with E-state index in [4.69, 9.17) is 0 Å². The van der Waals surface area contributed by atoms with E-state index in [1.807, 2.05) is 13.8 Å². The van der Waals surface area contributed by atoms with Crippen molar-refractivity contribution in [2.75, 3.05) is 0 Å². The van der Waals surface area contributed by atoms with Crippen LogP contribution in [0.25, 0.3) is 0 Å². The van der Waals surface area contributed by atoms with Crippen molar-refractivity contribution in [2.45, 2.75) is 32.4 Å². The molecular weight excluding hydrogens is 283 g/mol. The first kappa shape index (κ1) is 15.5. The summed E-state index contributed by atoms with van der Waals surface area (Å²) >= 11 is 0. The lowest BCUT2D eigenvalue weighted by Gasteiger charge is -2.33. The van der Waals surface area contributed by atoms with Crippen molar-refractivity contribution in [1.29, 1.82) is 0 Å². The number of benzene rings is 1. The van der Waals surface area contributed by atoms with E-state index in [2.05, 4.69) is 5.32 Å². The van der Waals surface area contributed by atoms with E-state index >= 15 is 0 Å². The average molecular weight is 299 g/mol. The Kier molecular flexibility index (Phi) is 4.07. The van der Waals surface area contributed by atoms with Gasteiger partial charge in [-0.2, -0.15) is 13.2 Å². The summed E-state index contributed by atoms with van der Waals surface area (Å²) in [6.07, 6.45) is -4.28. The van der Waals surface area contributed by atoms with Crippen molar-refractivity contribution in [3.63, 3.8) is 0 Å². The Balaban J connectivity index is 2.33. The highest BCUT2D eigenvalue weighted by Crippen LogP contribution is 2.37. The zero-order chi connectivity index (χ0) is 15.8. The van der Waals surface area contributed by atoms with E-state index in [1.54, 1.807) is 0 Å². The molecule has 1 heterocycles. The minimum absolute atomic E-state index is 0.00890. The van der Waals surface area contributed by atoms with Gasteiger partial charge in [0.2, 0.25) is 11.8 Å². The molecule has 2 unspecified atom stereocenters. The van der Waals surface area contributed by atoms with Crippen LogP contribution in [-0.2, 0) is 15.8 Å². The lowest BCUT2D eigenvalue weighted by molar-refractivity contribution is -0.139. The van der Waals surface area contributed by atoms with Gasteiger partial charge < -0.3 is 0 Å². The Hall–Kier alpha value is -1.85. The minimum Gasteiger partial charge on any atom is -0.296 e. The van der Waals surface area contributed by atoms with Gasteiger partial charge in [0.15, 0.2) is 0 Å². The fraction of sp³-hybridized carbons (Fsp3) is 0.467. The topological polar surface area (TPSA) is 46.2 Å². The number of alkyl halides is 3. The molecule has 114 valence electrons. The molecule has 1 fully saturated rings. The van der Waals surface area contributed by atoms with Gasteiger partial charge in [0.1, 0.15) is 0 Å². The molecule has 3 nitrogen and oxygen atoms in total. The fourth-order valence-corrected chi connectivity index (χ4v) is 2.79. The van der Waals surface area contributed by atoms with Gasteiger partial charge in [0.25, 0.3) is 0 Å². The third kappa shape index (κ3) is 3.25. The Labute approximate surface area is 120 Å². The molecule has 1 saturated heterocycles. The molecule has 6 heteroatoms. The summed E-state index contributed by atoms with van der Waals surface area (Å²) in [5, 5.41) is 2.29. The van der Waals surface area contributed by atoms with Crippen LogP contribution in [0.4, 0.5) is 13.2 Å². The molecule has 1 aliphatic heterocycles. The molecule has 2 atom stereocenters. The lowest BCUT2D eigenvalue weighted by Crippen LogP contribution is -2.46. The minimum atomic E-state index is -4.39. The standard InChI is InChI=1S/C15H16F3NO2/c1-8(2)13-11(7-12(20)19-14(13)21)9-3-5-10(6-4-9)15(16,17)18/h3-6,8,11,13H,7H2,1-2H3,(H,19,20,21). The second-order valence-electron chi connectivity index (χ2n) is 5.61. The number of carbonyl (C=O) groups is 2. The maximum absolute atomic E-state index is 12.6. The highest BCUT2D eigenvalue weighted by molar-refractivity contribution is 6.00. The maximum Gasteiger partial charge on any atom is 0.416 e. The molecule has 21 heavy (non-hydrogen) atoms. The number of piperidine rings is 1. The first-order valence-electron chi connectivity index (χ1n) is 6.71. The number of rotatable bonds is 2. The van der Waals surface area contributed by atoms with Gasteiger partial charge in [-0.25, -0.2) is 0 Å². The Morgan fingerprint density at radius 3 is 2.19 bits per heavy atom. The Morgan fingerprint density at radius 1 is 1.14 bits per heavy atom. The molecule has 0 radical (unpaired) electrons. The first-order valence-corrected chi connectivity index (χ1v) is 6.71. The molecule has 0 aromatic heterocycles. The number of carbonyl (C=O) groups excluding carboxylic acids is 2. The fourth-order valence-electron chi connectivity index (χ4n) is 2.79. The van der Waals surface area contributed by atoms with E-state index in [-0.39, 0.29) is 30.1 Å². The van der Waals surface area contributed by atoms with E-state index in [1.165, 1.54) is 12.1 Å². The first-order chi connectivity index (χ1) is 9.70. The smallest absolute Gasteiger partial charge is 0.296 e. The van der Waals surface area contributed by atoms with Crippen LogP contribution in [0.5, 0.6) is 0 Å². The summed E-state index contributed by atoms with van der Waals surface area (Å²) in [7, 11) is 0. The van der Waals surface area contributed by atoms with Gasteiger partial charge >= 0.3 is 6.18 Å². The van der Waals surface area contributed by atoms with Gasteiger partial charge in [0, 0.05) is 18.3 Å². The van der Waals surface area contributed by atoms with E-state index < -0.39 is 17.7 Å². The van der Waals surface area contributed by atoms with Crippen LogP contribution in [0.15, 0.2) is 24.3 Å². The number of hydrogen-bond acceptors (Lipinski definition) is 2. The SMILES string of the molecule is CC(C)C1C(=O)NC(=O)CC1c1ccc(C(F)(F)F)cc1. The van der Waals surface area contributed by atoms with Crippen molar-refractivity contribution in [1.82, 2.24) is 5.32 Å². The lowest BCUT2D eigenvalue weighted by atomic mass is 9.74. The molecule has 1 aromatic carbocycles. The molecule has 0 saturated carbocycles. The summed E-state index contributed by atoms with van der Waals surface area (Å²) in [5.41, 5.74) is -0.149. The van der Waals surface area contributed by atoms with E-state index in [0.717, 1.165) is 12.1 Å². The third-order valence-corrected chi connectivity index (χ3v) is 3.79. The van der Waals surface area contributed by atoms with Crippen LogP contribution in [0.3, 0.4) is 0 Å².